The van der Waals surface area contributed by atoms with Crippen molar-refractivity contribution in [3.8, 4) is 11.5 Å². The summed E-state index contributed by atoms with van der Waals surface area (Å²) in [7, 11) is 0. The Hall–Kier alpha value is -1.52. The summed E-state index contributed by atoms with van der Waals surface area (Å²) >= 11 is 3.38. The minimum absolute atomic E-state index is 0.430. The van der Waals surface area contributed by atoms with Gasteiger partial charge in [0.15, 0.2) is 0 Å². The van der Waals surface area contributed by atoms with Crippen LogP contribution in [0, 0.1) is 0 Å². The van der Waals surface area contributed by atoms with Gasteiger partial charge in [0.2, 0.25) is 0 Å². The van der Waals surface area contributed by atoms with Gasteiger partial charge in [0.1, 0.15) is 24.7 Å². The van der Waals surface area contributed by atoms with E-state index in [1.54, 1.807) is 6.92 Å². The van der Waals surface area contributed by atoms with Gasteiger partial charge in [0.25, 0.3) is 0 Å². The third-order valence-electron chi connectivity index (χ3n) is 2.79. The van der Waals surface area contributed by atoms with Crippen molar-refractivity contribution in [2.24, 2.45) is 0 Å². The lowest BCUT2D eigenvalue weighted by atomic mass is 10.1. The van der Waals surface area contributed by atoms with Crippen LogP contribution in [0.5, 0.6) is 11.5 Å². The molecular weight excluding hydrogens is 320 g/mol. The molecule has 0 aliphatic carbocycles. The van der Waals surface area contributed by atoms with Crippen molar-refractivity contribution in [3.05, 3.63) is 58.6 Å². The fourth-order valence-corrected chi connectivity index (χ4v) is 2.06. The zero-order valence-electron chi connectivity index (χ0n) is 11.3. The third-order valence-corrected chi connectivity index (χ3v) is 3.32. The summed E-state index contributed by atoms with van der Waals surface area (Å²) < 4.78 is 12.2. The van der Waals surface area contributed by atoms with E-state index >= 15 is 0 Å². The summed E-state index contributed by atoms with van der Waals surface area (Å²) in [6.07, 6.45) is -0.543. The number of hydrogen-bond donors (Lipinski definition) is 1. The Morgan fingerprint density at radius 1 is 1.00 bits per heavy atom. The number of rotatable bonds is 6. The van der Waals surface area contributed by atoms with Crippen molar-refractivity contribution in [2.75, 3.05) is 13.2 Å². The fourth-order valence-electron chi connectivity index (χ4n) is 1.80. The van der Waals surface area contributed by atoms with Crippen molar-refractivity contribution >= 4 is 15.9 Å². The average Bonchev–Trinajstić information content (AvgIpc) is 2.46. The molecule has 0 spiro atoms. The van der Waals surface area contributed by atoms with Crippen molar-refractivity contribution < 1.29 is 14.6 Å². The lowest BCUT2D eigenvalue weighted by Crippen LogP contribution is -2.10. The molecule has 0 aliphatic rings. The van der Waals surface area contributed by atoms with Crippen molar-refractivity contribution in [3.63, 3.8) is 0 Å². The largest absolute Gasteiger partial charge is 0.490 e. The Morgan fingerprint density at radius 3 is 2.35 bits per heavy atom. The van der Waals surface area contributed by atoms with Crippen LogP contribution in [0.1, 0.15) is 18.6 Å². The summed E-state index contributed by atoms with van der Waals surface area (Å²) in [5.41, 5.74) is 0.788. The Kier molecular flexibility index (Phi) is 5.44. The van der Waals surface area contributed by atoms with E-state index in [9.17, 15) is 5.11 Å². The zero-order chi connectivity index (χ0) is 14.4. The first-order valence-electron chi connectivity index (χ1n) is 6.45. The monoisotopic (exact) mass is 336 g/mol. The number of para-hydroxylation sites is 1. The maximum absolute atomic E-state index is 9.65. The number of benzene rings is 2. The number of ether oxygens (including phenoxy) is 2. The smallest absolute Gasteiger partial charge is 0.125 e. The van der Waals surface area contributed by atoms with Gasteiger partial charge in [-0.3, -0.25) is 0 Å². The standard InChI is InChI=1S/C16H17BrO3/c1-12(18)15-4-2-3-5-16(15)20-11-10-19-14-8-6-13(17)7-9-14/h2-9,12,18H,10-11H2,1H3. The minimum Gasteiger partial charge on any atom is -0.490 e. The first-order valence-corrected chi connectivity index (χ1v) is 7.24. The van der Waals surface area contributed by atoms with Crippen molar-refractivity contribution in [1.82, 2.24) is 0 Å². The Bertz CT molecular complexity index is 538. The summed E-state index contributed by atoms with van der Waals surface area (Å²) in [5.74, 6) is 1.50. The number of aliphatic hydroxyl groups excluding tert-OH is 1. The van der Waals surface area contributed by atoms with E-state index in [4.69, 9.17) is 9.47 Å². The van der Waals surface area contributed by atoms with Crippen LogP contribution in [0.3, 0.4) is 0 Å². The molecule has 2 rings (SSSR count). The van der Waals surface area contributed by atoms with Gasteiger partial charge in [-0.25, -0.2) is 0 Å². The molecule has 0 aromatic heterocycles. The average molecular weight is 337 g/mol. The molecule has 1 N–H and O–H groups in total. The molecular formula is C16H17BrO3. The van der Waals surface area contributed by atoms with Crippen LogP contribution in [0.2, 0.25) is 0 Å². The van der Waals surface area contributed by atoms with Gasteiger partial charge in [-0.15, -0.1) is 0 Å². The Labute approximate surface area is 127 Å². The normalized spacial score (nSPS) is 11.9. The second kappa shape index (κ2) is 7.31. The molecule has 0 bridgehead atoms. The Balaban J connectivity index is 1.83. The Morgan fingerprint density at radius 2 is 1.65 bits per heavy atom. The maximum atomic E-state index is 9.65. The predicted molar refractivity (Wildman–Crippen MR) is 82.2 cm³/mol. The van der Waals surface area contributed by atoms with Gasteiger partial charge in [0.05, 0.1) is 6.10 Å². The van der Waals surface area contributed by atoms with Gasteiger partial charge in [-0.1, -0.05) is 34.1 Å². The minimum atomic E-state index is -0.543. The van der Waals surface area contributed by atoms with Gasteiger partial charge in [0, 0.05) is 10.0 Å². The highest BCUT2D eigenvalue weighted by Crippen LogP contribution is 2.24. The summed E-state index contributed by atoms with van der Waals surface area (Å²) in [6.45, 7) is 2.61. The van der Waals surface area contributed by atoms with Crippen LogP contribution in [-0.4, -0.2) is 18.3 Å². The van der Waals surface area contributed by atoms with Gasteiger partial charge >= 0.3 is 0 Å². The molecule has 2 aromatic rings. The third kappa shape index (κ3) is 4.25. The van der Waals surface area contributed by atoms with E-state index < -0.39 is 6.10 Å². The molecule has 0 radical (unpaired) electrons. The van der Waals surface area contributed by atoms with E-state index in [1.165, 1.54) is 0 Å². The van der Waals surface area contributed by atoms with E-state index in [0.29, 0.717) is 19.0 Å². The van der Waals surface area contributed by atoms with Crippen molar-refractivity contribution in [1.29, 1.82) is 0 Å². The lowest BCUT2D eigenvalue weighted by molar-refractivity contribution is 0.182. The molecule has 1 unspecified atom stereocenters. The second-order valence-electron chi connectivity index (χ2n) is 4.36. The number of aliphatic hydroxyl groups is 1. The van der Waals surface area contributed by atoms with E-state index in [1.807, 2.05) is 48.5 Å². The first kappa shape index (κ1) is 14.9. The highest BCUT2D eigenvalue weighted by atomic mass is 79.9. The summed E-state index contributed by atoms with van der Waals surface area (Å²) in [4.78, 5) is 0. The molecule has 0 amide bonds. The molecule has 0 heterocycles. The molecule has 4 heteroatoms. The lowest BCUT2D eigenvalue weighted by Gasteiger charge is -2.13. The maximum Gasteiger partial charge on any atom is 0.125 e. The molecule has 0 saturated heterocycles. The molecule has 106 valence electrons. The molecule has 0 fully saturated rings. The molecule has 1 atom stereocenters. The van der Waals surface area contributed by atoms with Crippen LogP contribution in [0.25, 0.3) is 0 Å². The second-order valence-corrected chi connectivity index (χ2v) is 5.28. The van der Waals surface area contributed by atoms with Crippen LogP contribution < -0.4 is 9.47 Å². The SMILES string of the molecule is CC(O)c1ccccc1OCCOc1ccc(Br)cc1. The fraction of sp³-hybridized carbons (Fsp3) is 0.250. The molecule has 0 saturated carbocycles. The van der Waals surface area contributed by atoms with Crippen molar-refractivity contribution in [2.45, 2.75) is 13.0 Å². The number of halogens is 1. The molecule has 0 aliphatic heterocycles. The quantitative estimate of drug-likeness (QED) is 0.811. The topological polar surface area (TPSA) is 38.7 Å². The summed E-state index contributed by atoms with van der Waals surface area (Å²) in [6, 6.07) is 15.1. The van der Waals surface area contributed by atoms with E-state index in [0.717, 1.165) is 15.8 Å². The van der Waals surface area contributed by atoms with E-state index in [2.05, 4.69) is 15.9 Å². The molecule has 20 heavy (non-hydrogen) atoms. The van der Waals surface area contributed by atoms with Crippen LogP contribution in [0.15, 0.2) is 53.0 Å². The van der Waals surface area contributed by atoms with Gasteiger partial charge in [-0.2, -0.15) is 0 Å². The summed E-state index contributed by atoms with van der Waals surface area (Å²) in [5, 5.41) is 9.65. The zero-order valence-corrected chi connectivity index (χ0v) is 12.8. The molecule has 2 aromatic carbocycles. The van der Waals surface area contributed by atoms with E-state index in [-0.39, 0.29) is 0 Å². The van der Waals surface area contributed by atoms with Gasteiger partial charge < -0.3 is 14.6 Å². The number of hydrogen-bond acceptors (Lipinski definition) is 3. The van der Waals surface area contributed by atoms with Crippen LogP contribution >= 0.6 is 15.9 Å². The molecule has 3 nitrogen and oxygen atoms in total. The first-order chi connectivity index (χ1) is 9.66. The highest BCUT2D eigenvalue weighted by molar-refractivity contribution is 9.10. The predicted octanol–water partition coefficient (Wildman–Crippen LogP) is 3.96. The van der Waals surface area contributed by atoms with Crippen LogP contribution in [-0.2, 0) is 0 Å². The van der Waals surface area contributed by atoms with Gasteiger partial charge in [-0.05, 0) is 37.3 Å². The highest BCUT2D eigenvalue weighted by Gasteiger charge is 2.07. The van der Waals surface area contributed by atoms with Crippen LogP contribution in [0.4, 0.5) is 0 Å².